The Kier molecular flexibility index (Phi) is 7.14. The first-order chi connectivity index (χ1) is 17.4. The highest BCUT2D eigenvalue weighted by Crippen LogP contribution is 2.39. The quantitative estimate of drug-likeness (QED) is 0.440. The van der Waals surface area contributed by atoms with Crippen molar-refractivity contribution in [3.63, 3.8) is 0 Å². The number of nitrogens with zero attached hydrogens (tertiary/aromatic N) is 3. The zero-order valence-corrected chi connectivity index (χ0v) is 22.5. The number of primary amides is 1. The molecule has 2 aromatic heterocycles. The van der Waals surface area contributed by atoms with Gasteiger partial charge in [0.25, 0.3) is 5.91 Å². The van der Waals surface area contributed by atoms with Gasteiger partial charge in [-0.3, -0.25) is 4.79 Å². The molecule has 196 valence electrons. The van der Waals surface area contributed by atoms with Crippen LogP contribution < -0.4 is 20.7 Å². The molecule has 1 unspecified atom stereocenters. The van der Waals surface area contributed by atoms with Crippen LogP contribution in [0.15, 0.2) is 64.6 Å². The van der Waals surface area contributed by atoms with Crippen LogP contribution >= 0.6 is 0 Å². The van der Waals surface area contributed by atoms with Crippen molar-refractivity contribution in [1.29, 1.82) is 0 Å². The summed E-state index contributed by atoms with van der Waals surface area (Å²) >= 11 is 0. The highest BCUT2D eigenvalue weighted by molar-refractivity contribution is 7.91. The third-order valence-electron chi connectivity index (χ3n) is 6.23. The van der Waals surface area contributed by atoms with E-state index in [0.29, 0.717) is 29.7 Å². The van der Waals surface area contributed by atoms with Crippen molar-refractivity contribution in [2.75, 3.05) is 16.8 Å². The second-order valence-electron chi connectivity index (χ2n) is 10.3. The molecule has 1 aromatic carbocycles. The smallest absolute Gasteiger partial charge is 0.253 e. The lowest BCUT2D eigenvalue weighted by atomic mass is 9.97. The third kappa shape index (κ3) is 5.53. The van der Waals surface area contributed by atoms with Crippen LogP contribution in [-0.4, -0.2) is 42.5 Å². The number of nitrogens with two attached hydrogens (primary N) is 1. The van der Waals surface area contributed by atoms with Gasteiger partial charge in [0.05, 0.1) is 11.0 Å². The molecule has 3 N–H and O–H groups in total. The molecule has 3 heterocycles. The van der Waals surface area contributed by atoms with Crippen LogP contribution in [0.2, 0.25) is 0 Å². The van der Waals surface area contributed by atoms with Gasteiger partial charge in [-0.25, -0.2) is 18.4 Å². The van der Waals surface area contributed by atoms with Crippen molar-refractivity contribution in [2.24, 2.45) is 11.7 Å². The molecule has 4 rings (SSSR count). The second-order valence-corrected chi connectivity index (χ2v) is 12.2. The Bertz CT molecular complexity index is 1420. The first-order valence-electron chi connectivity index (χ1n) is 12.2. The Balaban J connectivity index is 1.72. The Morgan fingerprint density at radius 1 is 1.19 bits per heavy atom. The average molecular weight is 524 g/mol. The van der Waals surface area contributed by atoms with E-state index in [2.05, 4.69) is 22.2 Å². The van der Waals surface area contributed by atoms with Crippen LogP contribution in [0.4, 0.5) is 17.3 Å². The van der Waals surface area contributed by atoms with Crippen LogP contribution in [-0.2, 0) is 9.84 Å². The summed E-state index contributed by atoms with van der Waals surface area (Å²) in [5.74, 6) is 0.782. The van der Waals surface area contributed by atoms with Gasteiger partial charge in [-0.1, -0.05) is 19.1 Å². The van der Waals surface area contributed by atoms with Crippen molar-refractivity contribution in [3.8, 4) is 5.75 Å². The maximum atomic E-state index is 13.8. The molecule has 0 bridgehead atoms. The zero-order chi connectivity index (χ0) is 27.0. The van der Waals surface area contributed by atoms with Crippen molar-refractivity contribution in [3.05, 3.63) is 60.3 Å². The van der Waals surface area contributed by atoms with Crippen LogP contribution in [0.25, 0.3) is 0 Å². The number of nitrogens with one attached hydrogen (secondary N) is 1. The lowest BCUT2D eigenvalue weighted by Crippen LogP contribution is -2.40. The number of carbonyl (C=O) groups is 1. The van der Waals surface area contributed by atoms with E-state index < -0.39 is 15.7 Å². The van der Waals surface area contributed by atoms with E-state index in [1.807, 2.05) is 56.9 Å². The van der Waals surface area contributed by atoms with Crippen molar-refractivity contribution in [1.82, 2.24) is 9.97 Å². The molecule has 1 saturated heterocycles. The molecule has 37 heavy (non-hydrogen) atoms. The molecule has 3 aromatic rings. The summed E-state index contributed by atoms with van der Waals surface area (Å²) in [5.41, 5.74) is 6.00. The molecule has 1 fully saturated rings. The number of ether oxygens (including phenoxy) is 1. The predicted octanol–water partition coefficient (Wildman–Crippen LogP) is 4.56. The fourth-order valence-corrected chi connectivity index (χ4v) is 6.27. The molecule has 10 heteroatoms. The molecule has 1 aliphatic heterocycles. The van der Waals surface area contributed by atoms with Gasteiger partial charge in [-0.15, -0.1) is 0 Å². The summed E-state index contributed by atoms with van der Waals surface area (Å²) in [4.78, 5) is 23.1. The fourth-order valence-electron chi connectivity index (χ4n) is 4.87. The summed E-state index contributed by atoms with van der Waals surface area (Å²) < 4.78 is 33.3. The Hall–Kier alpha value is -3.66. The Morgan fingerprint density at radius 3 is 2.57 bits per heavy atom. The van der Waals surface area contributed by atoms with Gasteiger partial charge < -0.3 is 20.7 Å². The molecule has 0 spiro atoms. The van der Waals surface area contributed by atoms with Gasteiger partial charge in [0.2, 0.25) is 9.84 Å². The predicted molar refractivity (Wildman–Crippen MR) is 143 cm³/mol. The monoisotopic (exact) mass is 523 g/mol. The maximum Gasteiger partial charge on any atom is 0.253 e. The number of benzene rings is 1. The number of anilines is 3. The summed E-state index contributed by atoms with van der Waals surface area (Å²) in [7, 11) is -4.20. The van der Waals surface area contributed by atoms with Crippen molar-refractivity contribution >= 4 is 33.1 Å². The van der Waals surface area contributed by atoms with Gasteiger partial charge in [0.15, 0.2) is 5.03 Å². The Labute approximate surface area is 218 Å². The van der Waals surface area contributed by atoms with Gasteiger partial charge in [0, 0.05) is 30.0 Å². The van der Waals surface area contributed by atoms with E-state index in [1.54, 1.807) is 12.1 Å². The normalized spacial score (nSPS) is 17.1. The molecule has 0 saturated carbocycles. The average Bonchev–Trinajstić information content (AvgIpc) is 3.10. The van der Waals surface area contributed by atoms with E-state index in [1.165, 1.54) is 18.3 Å². The molecular formula is C27H33N5O4S. The lowest BCUT2D eigenvalue weighted by molar-refractivity contribution is 0.0997. The minimum absolute atomic E-state index is 0.0147. The van der Waals surface area contributed by atoms with Crippen LogP contribution in [0, 0.1) is 5.92 Å². The highest BCUT2D eigenvalue weighted by Gasteiger charge is 2.40. The molecule has 9 nitrogen and oxygen atoms in total. The van der Waals surface area contributed by atoms with Crippen LogP contribution in [0.5, 0.6) is 5.75 Å². The minimum Gasteiger partial charge on any atom is -0.491 e. The second kappa shape index (κ2) is 10.0. The van der Waals surface area contributed by atoms with E-state index in [4.69, 9.17) is 10.5 Å². The van der Waals surface area contributed by atoms with E-state index >= 15 is 0 Å². The molecule has 0 radical (unpaired) electrons. The van der Waals surface area contributed by atoms with Gasteiger partial charge in [-0.2, -0.15) is 0 Å². The topological polar surface area (TPSA) is 128 Å². The summed E-state index contributed by atoms with van der Waals surface area (Å²) in [6.45, 7) is 10.7. The number of hydrogen-bond acceptors (Lipinski definition) is 8. The molecule has 0 aliphatic carbocycles. The number of rotatable bonds is 8. The standard InChI is InChI=1S/C27H33N5O4S/c1-17(2)36-20-9-6-8-19(14-20)30-22-10-7-11-23(31-22)37(34,35)21-12-13-29-26(24(21)25(28)33)32-16-18(3)15-27(32,4)5/h6-14,17-18H,15-16H2,1-5H3,(H2,28,33)(H,30,31). The van der Waals surface area contributed by atoms with Crippen molar-refractivity contribution < 1.29 is 17.9 Å². The molecular weight excluding hydrogens is 490 g/mol. The molecule has 1 atom stereocenters. The molecule has 1 aliphatic rings. The van der Waals surface area contributed by atoms with Crippen molar-refractivity contribution in [2.45, 2.75) is 62.6 Å². The zero-order valence-electron chi connectivity index (χ0n) is 21.7. The summed E-state index contributed by atoms with van der Waals surface area (Å²) in [5, 5.41) is 2.92. The van der Waals surface area contributed by atoms with Crippen LogP contribution in [0.3, 0.4) is 0 Å². The van der Waals surface area contributed by atoms with Crippen LogP contribution in [0.1, 0.15) is 51.4 Å². The Morgan fingerprint density at radius 2 is 1.92 bits per heavy atom. The minimum atomic E-state index is -4.20. The van der Waals surface area contributed by atoms with Gasteiger partial charge in [0.1, 0.15) is 22.9 Å². The lowest BCUT2D eigenvalue weighted by Gasteiger charge is -2.33. The number of aromatic nitrogens is 2. The van der Waals surface area contributed by atoms with E-state index in [0.717, 1.165) is 6.42 Å². The fraction of sp³-hybridized carbons (Fsp3) is 0.370. The SMILES string of the molecule is CC1CN(c2nccc(S(=O)(=O)c3cccc(Nc4cccc(OC(C)C)c4)n3)c2C(N)=O)C(C)(C)C1. The van der Waals surface area contributed by atoms with Gasteiger partial charge in [-0.05, 0) is 70.4 Å². The molecule has 1 amide bonds. The summed E-state index contributed by atoms with van der Waals surface area (Å²) in [6.07, 6.45) is 2.29. The number of hydrogen-bond donors (Lipinski definition) is 2. The summed E-state index contributed by atoms with van der Waals surface area (Å²) in [6, 6.07) is 13.3. The largest absolute Gasteiger partial charge is 0.491 e. The number of amides is 1. The van der Waals surface area contributed by atoms with E-state index in [9.17, 15) is 13.2 Å². The number of carbonyl (C=O) groups excluding carboxylic acids is 1. The maximum absolute atomic E-state index is 13.8. The van der Waals surface area contributed by atoms with Gasteiger partial charge >= 0.3 is 0 Å². The van der Waals surface area contributed by atoms with E-state index in [-0.39, 0.29) is 32.9 Å². The third-order valence-corrected chi connectivity index (χ3v) is 7.93. The first-order valence-corrected chi connectivity index (χ1v) is 13.7. The number of pyridine rings is 2. The number of sulfone groups is 1. The highest BCUT2D eigenvalue weighted by atomic mass is 32.2. The first kappa shape index (κ1) is 26.4.